The summed E-state index contributed by atoms with van der Waals surface area (Å²) in [5.74, 6) is 2.29. The van der Waals surface area contributed by atoms with Crippen LogP contribution in [0.2, 0.25) is 4.63 Å². The summed E-state index contributed by atoms with van der Waals surface area (Å²) >= 11 is -3.83. The third kappa shape index (κ3) is 4.70. The molecule has 116 valence electrons. The Morgan fingerprint density at radius 1 is 0.478 bits per heavy atom. The molecule has 0 radical (unpaired) electrons. The molecule has 23 heavy (non-hydrogen) atoms. The summed E-state index contributed by atoms with van der Waals surface area (Å²) in [5.41, 5.74) is 0. The molecule has 0 fully saturated rings. The quantitative estimate of drug-likeness (QED) is 0.586. The molecule has 0 aromatic heterocycles. The maximum atomic E-state index is 6.18. The predicted molar refractivity (Wildman–Crippen MR) is 87.1 cm³/mol. The number of hydrogen-bond acceptors (Lipinski definition) is 3. The zero-order chi connectivity index (χ0) is 16.0. The molecule has 0 heterocycles. The van der Waals surface area contributed by atoms with Crippen LogP contribution in [0.3, 0.4) is 0 Å². The van der Waals surface area contributed by atoms with Crippen LogP contribution < -0.4 is 8.44 Å². The number of benzene rings is 3. The van der Waals surface area contributed by atoms with Gasteiger partial charge in [-0.2, -0.15) is 0 Å². The molecule has 0 bridgehead atoms. The molecule has 0 N–H and O–H groups in total. The average Bonchev–Trinajstić information content (AvgIpc) is 2.57. The standard InChI is InChI=1S/3C6H6O.CH3.Zr/c3*7-6-4-2-1-3-5-6;;/h3*1-5,7H;1H3;/q;;;;+3/p-3. The molecule has 0 saturated carbocycles. The summed E-state index contributed by atoms with van der Waals surface area (Å²) in [4.78, 5) is 0. The molecule has 0 aliphatic heterocycles. The second-order valence-electron chi connectivity index (χ2n) is 5.11. The van der Waals surface area contributed by atoms with Crippen molar-refractivity contribution >= 4 is 0 Å². The molecular weight excluding hydrogens is 367 g/mol. The van der Waals surface area contributed by atoms with Gasteiger partial charge in [-0.3, -0.25) is 0 Å². The Kier molecular flexibility index (Phi) is 5.14. The van der Waals surface area contributed by atoms with Gasteiger partial charge >= 0.3 is 143 Å². The molecule has 3 aromatic carbocycles. The van der Waals surface area contributed by atoms with E-state index in [0.717, 1.165) is 17.2 Å². The van der Waals surface area contributed by atoms with Crippen LogP contribution in [-0.2, 0) is 21.6 Å². The molecule has 0 amide bonds. The van der Waals surface area contributed by atoms with Gasteiger partial charge in [-0.1, -0.05) is 0 Å². The van der Waals surface area contributed by atoms with Crippen LogP contribution in [0.15, 0.2) is 91.0 Å². The summed E-state index contributed by atoms with van der Waals surface area (Å²) in [6, 6.07) is 29.0. The van der Waals surface area contributed by atoms with Crippen LogP contribution >= 0.6 is 0 Å². The fraction of sp³-hybridized carbons (Fsp3) is 0.0526. The van der Waals surface area contributed by atoms with E-state index < -0.39 is 21.6 Å². The van der Waals surface area contributed by atoms with E-state index in [2.05, 4.69) is 0 Å². The van der Waals surface area contributed by atoms with E-state index >= 15 is 0 Å². The van der Waals surface area contributed by atoms with Crippen LogP contribution in [0, 0.1) is 0 Å². The Labute approximate surface area is 142 Å². The van der Waals surface area contributed by atoms with Crippen molar-refractivity contribution in [3.63, 3.8) is 0 Å². The molecule has 0 aliphatic rings. The molecule has 0 saturated heterocycles. The Bertz CT molecular complexity index is 616. The van der Waals surface area contributed by atoms with Crippen molar-refractivity contribution in [3.05, 3.63) is 91.0 Å². The van der Waals surface area contributed by atoms with Crippen molar-refractivity contribution in [2.24, 2.45) is 0 Å². The molecule has 3 nitrogen and oxygen atoms in total. The van der Waals surface area contributed by atoms with Gasteiger partial charge in [-0.15, -0.1) is 0 Å². The number of rotatable bonds is 6. The summed E-state index contributed by atoms with van der Waals surface area (Å²) in [7, 11) is 0. The van der Waals surface area contributed by atoms with E-state index in [1.165, 1.54) is 0 Å². The van der Waals surface area contributed by atoms with Gasteiger partial charge in [0.25, 0.3) is 0 Å². The minimum absolute atomic E-state index is 0.762. The van der Waals surface area contributed by atoms with Crippen LogP contribution in [0.4, 0.5) is 0 Å². The van der Waals surface area contributed by atoms with E-state index in [1.54, 1.807) is 0 Å². The molecule has 4 heteroatoms. The number of para-hydroxylation sites is 3. The van der Waals surface area contributed by atoms with Crippen molar-refractivity contribution < 1.29 is 30.0 Å². The van der Waals surface area contributed by atoms with Gasteiger partial charge in [0, 0.05) is 0 Å². The van der Waals surface area contributed by atoms with Crippen LogP contribution in [0.25, 0.3) is 0 Å². The van der Waals surface area contributed by atoms with Crippen molar-refractivity contribution in [1.29, 1.82) is 0 Å². The van der Waals surface area contributed by atoms with Gasteiger partial charge in [0.1, 0.15) is 0 Å². The molecule has 0 unspecified atom stereocenters. The van der Waals surface area contributed by atoms with Crippen molar-refractivity contribution in [2.45, 2.75) is 4.63 Å². The third-order valence-electron chi connectivity index (χ3n) is 3.14. The molecule has 0 aliphatic carbocycles. The third-order valence-corrected chi connectivity index (χ3v) is 7.61. The Morgan fingerprint density at radius 2 is 0.739 bits per heavy atom. The zero-order valence-electron chi connectivity index (χ0n) is 12.9. The average molecular weight is 386 g/mol. The number of hydrogen-bond donors (Lipinski definition) is 0. The van der Waals surface area contributed by atoms with Crippen LogP contribution in [0.5, 0.6) is 17.2 Å². The Hall–Kier alpha value is -2.06. The second-order valence-corrected chi connectivity index (χ2v) is 10.9. The van der Waals surface area contributed by atoms with E-state index in [4.69, 9.17) is 8.44 Å². The second kappa shape index (κ2) is 7.47. The van der Waals surface area contributed by atoms with Gasteiger partial charge in [0.15, 0.2) is 0 Å². The van der Waals surface area contributed by atoms with Crippen molar-refractivity contribution in [3.8, 4) is 17.2 Å². The van der Waals surface area contributed by atoms with Crippen molar-refractivity contribution in [2.75, 3.05) is 0 Å². The van der Waals surface area contributed by atoms with Gasteiger partial charge in [-0.05, 0) is 0 Å². The topological polar surface area (TPSA) is 27.7 Å². The first-order valence-corrected chi connectivity index (χ1v) is 12.9. The first-order chi connectivity index (χ1) is 11.2. The summed E-state index contributed by atoms with van der Waals surface area (Å²) in [6.45, 7) is 0. The first kappa shape index (κ1) is 15.8. The summed E-state index contributed by atoms with van der Waals surface area (Å²) < 4.78 is 20.5. The maximum absolute atomic E-state index is 6.18. The summed E-state index contributed by atoms with van der Waals surface area (Å²) in [6.07, 6.45) is 0. The van der Waals surface area contributed by atoms with Crippen LogP contribution in [-0.4, -0.2) is 0 Å². The minimum atomic E-state index is -3.83. The Balaban J connectivity index is 1.85. The normalized spacial score (nSPS) is 10.8. The molecule has 3 aromatic rings. The predicted octanol–water partition coefficient (Wildman–Crippen LogP) is 5.17. The van der Waals surface area contributed by atoms with Gasteiger partial charge in [-0.25, -0.2) is 0 Å². The van der Waals surface area contributed by atoms with Gasteiger partial charge in [0.05, 0.1) is 0 Å². The zero-order valence-corrected chi connectivity index (χ0v) is 15.3. The van der Waals surface area contributed by atoms with E-state index in [-0.39, 0.29) is 0 Å². The molecular formula is C19H18O3Zr. The SMILES string of the molecule is [CH3][Zr]([O]c1ccccc1)([O]c1ccccc1)[O]c1ccccc1. The monoisotopic (exact) mass is 384 g/mol. The van der Waals surface area contributed by atoms with Gasteiger partial charge < -0.3 is 0 Å². The van der Waals surface area contributed by atoms with Crippen LogP contribution in [0.1, 0.15) is 0 Å². The summed E-state index contributed by atoms with van der Waals surface area (Å²) in [5, 5.41) is 0. The van der Waals surface area contributed by atoms with Crippen molar-refractivity contribution in [1.82, 2.24) is 0 Å². The first-order valence-electron chi connectivity index (χ1n) is 7.46. The Morgan fingerprint density at radius 3 is 1.00 bits per heavy atom. The molecule has 0 atom stereocenters. The van der Waals surface area contributed by atoms with E-state index in [9.17, 15) is 0 Å². The van der Waals surface area contributed by atoms with E-state index in [0.29, 0.717) is 0 Å². The fourth-order valence-corrected chi connectivity index (χ4v) is 6.64. The molecule has 3 rings (SSSR count). The molecule has 0 spiro atoms. The fourth-order valence-electron chi connectivity index (χ4n) is 2.17. The van der Waals surface area contributed by atoms with E-state index in [1.807, 2.05) is 95.6 Å². The van der Waals surface area contributed by atoms with Gasteiger partial charge in [0.2, 0.25) is 0 Å².